The summed E-state index contributed by atoms with van der Waals surface area (Å²) in [5, 5.41) is 3.37. The first-order chi connectivity index (χ1) is 13.2. The van der Waals surface area contributed by atoms with E-state index < -0.39 is 0 Å². The minimum Gasteiger partial charge on any atom is -0.444 e. The third-order valence-corrected chi connectivity index (χ3v) is 4.60. The first-order valence-corrected chi connectivity index (χ1v) is 9.42. The van der Waals surface area contributed by atoms with Gasteiger partial charge in [-0.3, -0.25) is 4.99 Å². The number of likely N-dealkylation sites (tertiary alicyclic amines) is 1. The SMILES string of the molecule is CCNC(=NCCc1coc(-c2ccc(F)cc2)n1)N1CCC(COC)C1. The molecular weight excluding hydrogens is 347 g/mol. The van der Waals surface area contributed by atoms with Crippen LogP contribution in [0.1, 0.15) is 19.0 Å². The third-order valence-electron chi connectivity index (χ3n) is 4.60. The summed E-state index contributed by atoms with van der Waals surface area (Å²) < 4.78 is 23.8. The van der Waals surface area contributed by atoms with Gasteiger partial charge in [-0.2, -0.15) is 0 Å². The average molecular weight is 374 g/mol. The van der Waals surface area contributed by atoms with Gasteiger partial charge in [-0.25, -0.2) is 9.37 Å². The Labute approximate surface area is 159 Å². The highest BCUT2D eigenvalue weighted by Gasteiger charge is 2.24. The molecule has 1 aliphatic heterocycles. The monoisotopic (exact) mass is 374 g/mol. The van der Waals surface area contributed by atoms with Gasteiger partial charge >= 0.3 is 0 Å². The summed E-state index contributed by atoms with van der Waals surface area (Å²) in [5.74, 6) is 1.74. The molecule has 146 valence electrons. The van der Waals surface area contributed by atoms with Crippen LogP contribution in [0.15, 0.2) is 39.9 Å². The van der Waals surface area contributed by atoms with Gasteiger partial charge < -0.3 is 19.4 Å². The molecule has 1 aliphatic rings. The van der Waals surface area contributed by atoms with E-state index in [1.54, 1.807) is 25.5 Å². The second kappa shape index (κ2) is 9.50. The van der Waals surface area contributed by atoms with Crippen LogP contribution in [0.2, 0.25) is 0 Å². The van der Waals surface area contributed by atoms with Crippen LogP contribution in [0.5, 0.6) is 0 Å². The number of nitrogens with zero attached hydrogens (tertiary/aromatic N) is 3. The predicted molar refractivity (Wildman–Crippen MR) is 103 cm³/mol. The highest BCUT2D eigenvalue weighted by atomic mass is 19.1. The molecule has 1 unspecified atom stereocenters. The van der Waals surface area contributed by atoms with Gasteiger partial charge in [0.1, 0.15) is 12.1 Å². The van der Waals surface area contributed by atoms with Gasteiger partial charge in [-0.15, -0.1) is 0 Å². The highest BCUT2D eigenvalue weighted by molar-refractivity contribution is 5.80. The van der Waals surface area contributed by atoms with E-state index in [1.807, 2.05) is 0 Å². The molecule has 3 rings (SSSR count). The quantitative estimate of drug-likeness (QED) is 0.596. The van der Waals surface area contributed by atoms with Crippen LogP contribution in [-0.4, -0.2) is 55.7 Å². The van der Waals surface area contributed by atoms with E-state index in [4.69, 9.17) is 14.1 Å². The van der Waals surface area contributed by atoms with Gasteiger partial charge in [0.15, 0.2) is 5.96 Å². The number of oxazole rings is 1. The molecule has 1 aromatic heterocycles. The smallest absolute Gasteiger partial charge is 0.226 e. The number of methoxy groups -OCH3 is 1. The van der Waals surface area contributed by atoms with Crippen LogP contribution in [0, 0.1) is 11.7 Å². The van der Waals surface area contributed by atoms with E-state index in [0.29, 0.717) is 24.8 Å². The second-order valence-corrected chi connectivity index (χ2v) is 6.69. The van der Waals surface area contributed by atoms with Crippen LogP contribution < -0.4 is 5.32 Å². The zero-order valence-corrected chi connectivity index (χ0v) is 15.9. The average Bonchev–Trinajstić information content (AvgIpc) is 3.32. The molecule has 1 fully saturated rings. The number of aliphatic imine (C=N–C) groups is 1. The fourth-order valence-electron chi connectivity index (χ4n) is 3.25. The Morgan fingerprint density at radius 2 is 2.22 bits per heavy atom. The van der Waals surface area contributed by atoms with Gasteiger partial charge in [0.05, 0.1) is 12.3 Å². The fourth-order valence-corrected chi connectivity index (χ4v) is 3.25. The molecule has 27 heavy (non-hydrogen) atoms. The molecule has 0 saturated carbocycles. The van der Waals surface area contributed by atoms with Crippen molar-refractivity contribution >= 4 is 5.96 Å². The number of halogens is 1. The van der Waals surface area contributed by atoms with Crippen LogP contribution >= 0.6 is 0 Å². The predicted octanol–water partition coefficient (Wildman–Crippen LogP) is 2.96. The molecule has 0 aliphatic carbocycles. The Hall–Kier alpha value is -2.41. The zero-order valence-electron chi connectivity index (χ0n) is 15.9. The summed E-state index contributed by atoms with van der Waals surface area (Å²) in [5.41, 5.74) is 1.60. The number of rotatable bonds is 7. The number of nitrogens with one attached hydrogen (secondary N) is 1. The van der Waals surface area contributed by atoms with Crippen LogP contribution in [0.4, 0.5) is 4.39 Å². The van der Waals surface area contributed by atoms with E-state index in [9.17, 15) is 4.39 Å². The van der Waals surface area contributed by atoms with Gasteiger partial charge in [0.25, 0.3) is 0 Å². The van der Waals surface area contributed by atoms with Crippen molar-refractivity contribution in [3.05, 3.63) is 42.0 Å². The van der Waals surface area contributed by atoms with E-state index in [-0.39, 0.29) is 5.82 Å². The summed E-state index contributed by atoms with van der Waals surface area (Å²) in [4.78, 5) is 11.5. The van der Waals surface area contributed by atoms with E-state index in [1.165, 1.54) is 12.1 Å². The molecule has 1 atom stereocenters. The Bertz CT molecular complexity index is 745. The molecule has 6 nitrogen and oxygen atoms in total. The molecule has 0 bridgehead atoms. The lowest BCUT2D eigenvalue weighted by molar-refractivity contribution is 0.157. The van der Waals surface area contributed by atoms with E-state index in [2.05, 4.69) is 22.1 Å². The van der Waals surface area contributed by atoms with Crippen molar-refractivity contribution in [3.63, 3.8) is 0 Å². The Morgan fingerprint density at radius 3 is 2.96 bits per heavy atom. The lowest BCUT2D eigenvalue weighted by Gasteiger charge is -2.21. The van der Waals surface area contributed by atoms with Crippen molar-refractivity contribution in [1.29, 1.82) is 0 Å². The standard InChI is InChI=1S/C20H27FN4O2/c1-3-22-20(25-11-9-15(12-25)13-26-2)23-10-8-18-14-27-19(24-18)16-4-6-17(21)7-5-16/h4-7,14-15H,3,8-13H2,1-2H3,(H,22,23). The number of ether oxygens (including phenoxy) is 1. The Balaban J connectivity index is 1.57. The number of guanidine groups is 1. The summed E-state index contributed by atoms with van der Waals surface area (Å²) in [6, 6.07) is 6.13. The topological polar surface area (TPSA) is 62.9 Å². The number of benzene rings is 1. The first kappa shape index (κ1) is 19.4. The molecule has 0 spiro atoms. The zero-order chi connectivity index (χ0) is 19.1. The Kier molecular flexibility index (Phi) is 6.81. The van der Waals surface area contributed by atoms with E-state index in [0.717, 1.165) is 49.9 Å². The second-order valence-electron chi connectivity index (χ2n) is 6.69. The molecule has 2 heterocycles. The normalized spacial score (nSPS) is 17.5. The first-order valence-electron chi connectivity index (χ1n) is 9.42. The van der Waals surface area contributed by atoms with Crippen molar-refractivity contribution < 1.29 is 13.5 Å². The summed E-state index contributed by atoms with van der Waals surface area (Å²) >= 11 is 0. The van der Waals surface area contributed by atoms with Gasteiger partial charge in [-0.05, 0) is 37.6 Å². The molecular formula is C20H27FN4O2. The maximum atomic E-state index is 13.0. The van der Waals surface area contributed by atoms with Crippen LogP contribution in [0.3, 0.4) is 0 Å². The lowest BCUT2D eigenvalue weighted by Crippen LogP contribution is -2.40. The third kappa shape index (κ3) is 5.29. The maximum absolute atomic E-state index is 13.0. The van der Waals surface area contributed by atoms with Crippen molar-refractivity contribution in [3.8, 4) is 11.5 Å². The molecule has 1 aromatic carbocycles. The van der Waals surface area contributed by atoms with Crippen LogP contribution in [-0.2, 0) is 11.2 Å². The molecule has 1 N–H and O–H groups in total. The molecule has 2 aromatic rings. The summed E-state index contributed by atoms with van der Waals surface area (Å²) in [6.45, 7) is 6.30. The van der Waals surface area contributed by atoms with Gasteiger partial charge in [0, 0.05) is 51.2 Å². The van der Waals surface area contributed by atoms with Gasteiger partial charge in [-0.1, -0.05) is 0 Å². The minimum absolute atomic E-state index is 0.273. The number of aromatic nitrogens is 1. The Morgan fingerprint density at radius 1 is 1.41 bits per heavy atom. The number of hydrogen-bond acceptors (Lipinski definition) is 4. The fraction of sp³-hybridized carbons (Fsp3) is 0.500. The summed E-state index contributed by atoms with van der Waals surface area (Å²) in [7, 11) is 1.75. The lowest BCUT2D eigenvalue weighted by atomic mass is 10.1. The van der Waals surface area contributed by atoms with Crippen molar-refractivity contribution in [2.75, 3.05) is 39.9 Å². The van der Waals surface area contributed by atoms with Gasteiger partial charge in [0.2, 0.25) is 5.89 Å². The van der Waals surface area contributed by atoms with Crippen molar-refractivity contribution in [1.82, 2.24) is 15.2 Å². The summed E-state index contributed by atoms with van der Waals surface area (Å²) in [6.07, 6.45) is 3.46. The number of hydrogen-bond donors (Lipinski definition) is 1. The highest BCUT2D eigenvalue weighted by Crippen LogP contribution is 2.19. The van der Waals surface area contributed by atoms with Crippen molar-refractivity contribution in [2.24, 2.45) is 10.9 Å². The minimum atomic E-state index is -0.273. The maximum Gasteiger partial charge on any atom is 0.226 e. The largest absolute Gasteiger partial charge is 0.444 e. The van der Waals surface area contributed by atoms with E-state index >= 15 is 0 Å². The molecule has 0 radical (unpaired) electrons. The molecule has 7 heteroatoms. The van der Waals surface area contributed by atoms with Crippen LogP contribution in [0.25, 0.3) is 11.5 Å². The van der Waals surface area contributed by atoms with Crippen molar-refractivity contribution in [2.45, 2.75) is 19.8 Å². The molecule has 0 amide bonds. The molecule has 1 saturated heterocycles.